The number of halogens is 1. The number of likely N-dealkylation sites (N-methyl/N-ethyl adjacent to an activating group) is 1. The summed E-state index contributed by atoms with van der Waals surface area (Å²) in [4.78, 5) is 42.5. The minimum atomic E-state index is -1.31. The number of nitrogens with one attached hydrogen (secondary N) is 1. The molecule has 0 radical (unpaired) electrons. The molecule has 34 heavy (non-hydrogen) atoms. The van der Waals surface area contributed by atoms with Crippen molar-refractivity contribution in [2.75, 3.05) is 18.0 Å². The van der Waals surface area contributed by atoms with Gasteiger partial charge < -0.3 is 10.2 Å². The third-order valence-electron chi connectivity index (χ3n) is 6.39. The number of carbonyl (C=O) groups is 3. The monoisotopic (exact) mass is 461 g/mol. The Morgan fingerprint density at radius 2 is 1.71 bits per heavy atom. The number of urea groups is 1. The molecule has 0 aliphatic carbocycles. The van der Waals surface area contributed by atoms with Gasteiger partial charge in [-0.25, -0.2) is 9.18 Å². The molecule has 3 aromatic carbocycles. The molecule has 1 saturated heterocycles. The number of carbonyl (C=O) groups excluding carboxylic acids is 3. The zero-order valence-electron chi connectivity index (χ0n) is 19.4. The second kappa shape index (κ2) is 9.63. The van der Waals surface area contributed by atoms with Crippen LogP contribution in [-0.2, 0) is 15.1 Å². The second-order valence-corrected chi connectivity index (χ2v) is 8.47. The van der Waals surface area contributed by atoms with Crippen molar-refractivity contribution in [3.05, 3.63) is 78.1 Å². The number of amides is 4. The van der Waals surface area contributed by atoms with Crippen LogP contribution in [0.1, 0.15) is 38.7 Å². The van der Waals surface area contributed by atoms with Crippen LogP contribution in [0.5, 0.6) is 0 Å². The Bertz CT molecular complexity index is 1220. The maximum Gasteiger partial charge on any atom is 0.325 e. The first-order valence-corrected chi connectivity index (χ1v) is 11.6. The summed E-state index contributed by atoms with van der Waals surface area (Å²) < 4.78 is 13.5. The van der Waals surface area contributed by atoms with Crippen LogP contribution in [0.15, 0.2) is 66.7 Å². The van der Waals surface area contributed by atoms with Crippen LogP contribution < -0.4 is 10.2 Å². The van der Waals surface area contributed by atoms with E-state index in [-0.39, 0.29) is 12.5 Å². The Hall–Kier alpha value is -3.74. The van der Waals surface area contributed by atoms with Gasteiger partial charge in [0.15, 0.2) is 0 Å². The molecule has 0 aromatic heterocycles. The third-order valence-corrected chi connectivity index (χ3v) is 6.39. The number of hydrogen-bond acceptors (Lipinski definition) is 3. The summed E-state index contributed by atoms with van der Waals surface area (Å²) in [6.45, 7) is 3.85. The van der Waals surface area contributed by atoms with Gasteiger partial charge in [-0.3, -0.25) is 14.5 Å². The van der Waals surface area contributed by atoms with E-state index in [0.29, 0.717) is 24.9 Å². The Morgan fingerprint density at radius 3 is 2.41 bits per heavy atom. The van der Waals surface area contributed by atoms with E-state index in [9.17, 15) is 18.8 Å². The van der Waals surface area contributed by atoms with Crippen LogP contribution in [0.2, 0.25) is 0 Å². The third kappa shape index (κ3) is 4.14. The summed E-state index contributed by atoms with van der Waals surface area (Å²) in [5, 5.41) is 4.73. The Morgan fingerprint density at radius 1 is 1.00 bits per heavy atom. The van der Waals surface area contributed by atoms with Crippen LogP contribution in [0.25, 0.3) is 10.8 Å². The van der Waals surface area contributed by atoms with Crippen molar-refractivity contribution in [1.29, 1.82) is 0 Å². The van der Waals surface area contributed by atoms with Crippen LogP contribution in [-0.4, -0.2) is 35.8 Å². The first-order chi connectivity index (χ1) is 16.4. The summed E-state index contributed by atoms with van der Waals surface area (Å²) in [7, 11) is 0. The van der Waals surface area contributed by atoms with Crippen LogP contribution in [0.4, 0.5) is 14.9 Å². The molecule has 1 N–H and O–H groups in total. The molecular weight excluding hydrogens is 433 g/mol. The molecule has 0 bridgehead atoms. The van der Waals surface area contributed by atoms with E-state index in [1.165, 1.54) is 24.3 Å². The molecule has 0 saturated carbocycles. The van der Waals surface area contributed by atoms with E-state index in [1.807, 2.05) is 56.3 Å². The van der Waals surface area contributed by atoms with Gasteiger partial charge in [-0.1, -0.05) is 68.3 Å². The lowest BCUT2D eigenvalue weighted by Gasteiger charge is -2.28. The quantitative estimate of drug-likeness (QED) is 0.482. The molecule has 7 heteroatoms. The Labute approximate surface area is 198 Å². The highest BCUT2D eigenvalue weighted by molar-refractivity contribution is 6.12. The number of imide groups is 1. The fourth-order valence-corrected chi connectivity index (χ4v) is 4.60. The largest absolute Gasteiger partial charge is 0.325 e. The Balaban J connectivity index is 1.64. The molecule has 3 aromatic rings. The predicted octanol–water partition coefficient (Wildman–Crippen LogP) is 4.97. The SMILES string of the molecule is CCCC[C@@]1(c2ccc(F)cc2)NC(=O)N(CC(=O)N(CC)c2cccc3ccccc23)C1=O. The topological polar surface area (TPSA) is 69.7 Å². The lowest BCUT2D eigenvalue weighted by atomic mass is 9.85. The molecule has 0 unspecified atom stereocenters. The van der Waals surface area contributed by atoms with Gasteiger partial charge in [-0.05, 0) is 42.5 Å². The molecule has 6 nitrogen and oxygen atoms in total. The van der Waals surface area contributed by atoms with Gasteiger partial charge in [0, 0.05) is 11.9 Å². The smallest absolute Gasteiger partial charge is 0.319 e. The normalized spacial score (nSPS) is 17.8. The minimum Gasteiger partial charge on any atom is -0.319 e. The van der Waals surface area contributed by atoms with E-state index < -0.39 is 23.3 Å². The molecule has 176 valence electrons. The maximum absolute atomic E-state index is 13.6. The van der Waals surface area contributed by atoms with Crippen LogP contribution in [0.3, 0.4) is 0 Å². The Kier molecular flexibility index (Phi) is 6.63. The fraction of sp³-hybridized carbons (Fsp3) is 0.296. The highest BCUT2D eigenvalue weighted by atomic mass is 19.1. The molecule has 4 amide bonds. The van der Waals surface area contributed by atoms with Crippen molar-refractivity contribution in [3.8, 4) is 0 Å². The van der Waals surface area contributed by atoms with Gasteiger partial charge in [0.05, 0.1) is 5.69 Å². The van der Waals surface area contributed by atoms with Crippen molar-refractivity contribution in [1.82, 2.24) is 10.2 Å². The first kappa shape index (κ1) is 23.4. The van der Waals surface area contributed by atoms with Crippen LogP contribution >= 0.6 is 0 Å². The van der Waals surface area contributed by atoms with Gasteiger partial charge in [-0.2, -0.15) is 0 Å². The number of rotatable bonds is 8. The zero-order valence-corrected chi connectivity index (χ0v) is 19.4. The van der Waals surface area contributed by atoms with Gasteiger partial charge in [-0.15, -0.1) is 0 Å². The summed E-state index contributed by atoms with van der Waals surface area (Å²) in [6, 6.07) is 18.4. The fourth-order valence-electron chi connectivity index (χ4n) is 4.60. The van der Waals surface area contributed by atoms with Gasteiger partial charge >= 0.3 is 6.03 Å². The molecule has 1 aliphatic heterocycles. The summed E-state index contributed by atoms with van der Waals surface area (Å²) in [5.41, 5.74) is -0.0668. The summed E-state index contributed by atoms with van der Waals surface area (Å²) in [6.07, 6.45) is 1.86. The number of fused-ring (bicyclic) bond motifs is 1. The molecule has 1 fully saturated rings. The zero-order chi connectivity index (χ0) is 24.3. The summed E-state index contributed by atoms with van der Waals surface area (Å²) >= 11 is 0. The van der Waals surface area contributed by atoms with E-state index in [1.54, 1.807) is 4.90 Å². The average Bonchev–Trinajstić information content (AvgIpc) is 3.09. The number of nitrogens with zero attached hydrogens (tertiary/aromatic N) is 2. The molecule has 1 heterocycles. The molecule has 1 atom stereocenters. The van der Waals surface area contributed by atoms with Gasteiger partial charge in [0.1, 0.15) is 17.9 Å². The minimum absolute atomic E-state index is 0.354. The van der Waals surface area contributed by atoms with Gasteiger partial charge in [0.25, 0.3) is 5.91 Å². The highest BCUT2D eigenvalue weighted by Crippen LogP contribution is 2.35. The van der Waals surface area contributed by atoms with Crippen LogP contribution in [0, 0.1) is 5.82 Å². The average molecular weight is 462 g/mol. The standard InChI is InChI=1S/C27H28FN3O3/c1-3-5-17-27(20-13-15-21(28)16-14-20)25(33)31(26(34)29-27)18-24(32)30(4-2)23-12-8-10-19-9-6-7-11-22(19)23/h6-16H,3-5,17-18H2,1-2H3,(H,29,34)/t27-/m0/s1. The van der Waals surface area contributed by atoms with Gasteiger partial charge in [0.2, 0.25) is 5.91 Å². The molecule has 0 spiro atoms. The van der Waals surface area contributed by atoms with E-state index in [0.717, 1.165) is 27.8 Å². The van der Waals surface area contributed by atoms with E-state index in [4.69, 9.17) is 0 Å². The lowest BCUT2D eigenvalue weighted by molar-refractivity contribution is -0.134. The summed E-state index contributed by atoms with van der Waals surface area (Å²) in [5.74, 6) is -1.26. The number of hydrogen-bond donors (Lipinski definition) is 1. The number of unbranched alkanes of at least 4 members (excludes halogenated alkanes) is 1. The number of anilines is 1. The lowest BCUT2D eigenvalue weighted by Crippen LogP contribution is -2.46. The predicted molar refractivity (Wildman–Crippen MR) is 130 cm³/mol. The second-order valence-electron chi connectivity index (χ2n) is 8.47. The van der Waals surface area contributed by atoms with Crippen molar-refractivity contribution >= 4 is 34.3 Å². The van der Waals surface area contributed by atoms with Crippen molar-refractivity contribution in [2.24, 2.45) is 0 Å². The van der Waals surface area contributed by atoms with E-state index in [2.05, 4.69) is 5.32 Å². The molecule has 1 aliphatic rings. The number of benzene rings is 3. The van der Waals surface area contributed by atoms with Crippen molar-refractivity contribution < 1.29 is 18.8 Å². The van der Waals surface area contributed by atoms with Crippen molar-refractivity contribution in [3.63, 3.8) is 0 Å². The van der Waals surface area contributed by atoms with Crippen molar-refractivity contribution in [2.45, 2.75) is 38.6 Å². The molecular formula is C27H28FN3O3. The highest BCUT2D eigenvalue weighted by Gasteiger charge is 2.52. The molecule has 4 rings (SSSR count). The first-order valence-electron chi connectivity index (χ1n) is 11.6. The maximum atomic E-state index is 13.6. The van der Waals surface area contributed by atoms with E-state index >= 15 is 0 Å².